The van der Waals surface area contributed by atoms with E-state index in [1.807, 2.05) is 0 Å². The van der Waals surface area contributed by atoms with Gasteiger partial charge in [-0.1, -0.05) is 24.6 Å². The van der Waals surface area contributed by atoms with E-state index in [1.54, 1.807) is 12.1 Å². The number of para-hydroxylation sites is 1. The Morgan fingerprint density at radius 1 is 1.18 bits per heavy atom. The summed E-state index contributed by atoms with van der Waals surface area (Å²) in [6, 6.07) is 6.02. The maximum atomic E-state index is 12.2. The molecule has 0 aliphatic heterocycles. The summed E-state index contributed by atoms with van der Waals surface area (Å²) in [6.07, 6.45) is -3.12. The fourth-order valence-electron chi connectivity index (χ4n) is 2.31. The van der Waals surface area contributed by atoms with Gasteiger partial charge in [0.25, 0.3) is 0 Å². The van der Waals surface area contributed by atoms with E-state index in [0.717, 1.165) is 6.42 Å². The first kappa shape index (κ1) is 12.2. The number of alkyl halides is 3. The maximum absolute atomic E-state index is 12.2. The molecule has 2 unspecified atom stereocenters. The Morgan fingerprint density at radius 3 is 2.47 bits per heavy atom. The van der Waals surface area contributed by atoms with Crippen LogP contribution in [0, 0.1) is 0 Å². The van der Waals surface area contributed by atoms with Crippen molar-refractivity contribution in [2.24, 2.45) is 0 Å². The third-order valence-electron chi connectivity index (χ3n) is 3.02. The summed E-state index contributed by atoms with van der Waals surface area (Å²) in [5.74, 6) is -0.459. The van der Waals surface area contributed by atoms with E-state index in [4.69, 9.17) is 0 Å². The SMILES string of the molecule is OC1CCCC1c1ccccc1OC(F)(F)F. The lowest BCUT2D eigenvalue weighted by molar-refractivity contribution is -0.275. The molecule has 0 bridgehead atoms. The number of ether oxygens (including phenoxy) is 1. The van der Waals surface area contributed by atoms with Gasteiger partial charge >= 0.3 is 6.36 Å². The second kappa shape index (κ2) is 4.56. The highest BCUT2D eigenvalue weighted by atomic mass is 19.4. The normalized spacial score (nSPS) is 24.9. The smallest absolute Gasteiger partial charge is 0.405 e. The van der Waals surface area contributed by atoms with Crippen molar-refractivity contribution in [1.29, 1.82) is 0 Å². The number of aliphatic hydroxyl groups excluding tert-OH is 1. The van der Waals surface area contributed by atoms with Gasteiger partial charge in [0.2, 0.25) is 0 Å². The van der Waals surface area contributed by atoms with Gasteiger partial charge in [-0.25, -0.2) is 0 Å². The Kier molecular flexibility index (Phi) is 3.28. The Hall–Kier alpha value is -1.23. The zero-order valence-electron chi connectivity index (χ0n) is 9.07. The molecule has 2 atom stereocenters. The van der Waals surface area contributed by atoms with Crippen LogP contribution in [0.5, 0.6) is 5.75 Å². The number of benzene rings is 1. The van der Waals surface area contributed by atoms with Gasteiger partial charge in [0, 0.05) is 11.5 Å². The predicted molar refractivity (Wildman–Crippen MR) is 55.7 cm³/mol. The molecule has 94 valence electrons. The van der Waals surface area contributed by atoms with Gasteiger partial charge in [0.05, 0.1) is 6.10 Å². The van der Waals surface area contributed by atoms with Gasteiger partial charge in [-0.2, -0.15) is 0 Å². The van der Waals surface area contributed by atoms with Crippen LogP contribution in [0.25, 0.3) is 0 Å². The molecule has 1 aromatic carbocycles. The monoisotopic (exact) mass is 246 g/mol. The molecule has 1 saturated carbocycles. The highest BCUT2D eigenvalue weighted by molar-refractivity contribution is 5.37. The lowest BCUT2D eigenvalue weighted by atomic mass is 9.95. The fourth-order valence-corrected chi connectivity index (χ4v) is 2.31. The van der Waals surface area contributed by atoms with E-state index in [9.17, 15) is 18.3 Å². The molecule has 17 heavy (non-hydrogen) atoms. The van der Waals surface area contributed by atoms with Crippen molar-refractivity contribution < 1.29 is 23.0 Å². The summed E-state index contributed by atoms with van der Waals surface area (Å²) in [7, 11) is 0. The number of aliphatic hydroxyl groups is 1. The molecular weight excluding hydrogens is 233 g/mol. The molecule has 1 N–H and O–H groups in total. The lowest BCUT2D eigenvalue weighted by Gasteiger charge is -2.19. The van der Waals surface area contributed by atoms with Crippen LogP contribution in [0.1, 0.15) is 30.7 Å². The number of halogens is 3. The highest BCUT2D eigenvalue weighted by Crippen LogP contribution is 2.40. The van der Waals surface area contributed by atoms with E-state index in [0.29, 0.717) is 18.4 Å². The Morgan fingerprint density at radius 2 is 1.88 bits per heavy atom. The molecule has 0 saturated heterocycles. The van der Waals surface area contributed by atoms with Crippen LogP contribution >= 0.6 is 0 Å². The second-order valence-electron chi connectivity index (χ2n) is 4.19. The summed E-state index contributed by atoms with van der Waals surface area (Å²) in [5.41, 5.74) is 0.440. The van der Waals surface area contributed by atoms with Crippen LogP contribution in [0.15, 0.2) is 24.3 Å². The summed E-state index contributed by atoms with van der Waals surface area (Å²) in [6.45, 7) is 0. The molecule has 2 nitrogen and oxygen atoms in total. The van der Waals surface area contributed by atoms with Crippen LogP contribution in [0.3, 0.4) is 0 Å². The van der Waals surface area contributed by atoms with Crippen LogP contribution in [0.2, 0.25) is 0 Å². The number of hydrogen-bond donors (Lipinski definition) is 1. The Balaban J connectivity index is 2.27. The minimum atomic E-state index is -4.69. The van der Waals surface area contributed by atoms with E-state index in [2.05, 4.69) is 4.74 Å². The van der Waals surface area contributed by atoms with Crippen molar-refractivity contribution in [3.63, 3.8) is 0 Å². The average molecular weight is 246 g/mol. The molecule has 0 aromatic heterocycles. The van der Waals surface area contributed by atoms with Gasteiger partial charge < -0.3 is 9.84 Å². The van der Waals surface area contributed by atoms with Crippen LogP contribution in [0.4, 0.5) is 13.2 Å². The average Bonchev–Trinajstić information content (AvgIpc) is 2.63. The van der Waals surface area contributed by atoms with Crippen molar-refractivity contribution in [2.45, 2.75) is 37.6 Å². The van der Waals surface area contributed by atoms with Gasteiger partial charge in [-0.05, 0) is 18.9 Å². The number of rotatable bonds is 2. The first-order valence-electron chi connectivity index (χ1n) is 5.50. The van der Waals surface area contributed by atoms with Gasteiger partial charge in [0.15, 0.2) is 0 Å². The molecule has 0 heterocycles. The van der Waals surface area contributed by atoms with Gasteiger partial charge in [-0.15, -0.1) is 13.2 Å². The van der Waals surface area contributed by atoms with Gasteiger partial charge in [-0.3, -0.25) is 0 Å². The first-order valence-corrected chi connectivity index (χ1v) is 5.50. The quantitative estimate of drug-likeness (QED) is 0.868. The van der Waals surface area contributed by atoms with Crippen molar-refractivity contribution >= 4 is 0 Å². The summed E-state index contributed by atoms with van der Waals surface area (Å²) < 4.78 is 40.6. The third kappa shape index (κ3) is 2.91. The van der Waals surface area contributed by atoms with Crippen molar-refractivity contribution in [1.82, 2.24) is 0 Å². The molecule has 5 heteroatoms. The summed E-state index contributed by atoms with van der Waals surface area (Å²) in [4.78, 5) is 0. The second-order valence-corrected chi connectivity index (χ2v) is 4.19. The van der Waals surface area contributed by atoms with Crippen molar-refractivity contribution in [2.75, 3.05) is 0 Å². The zero-order chi connectivity index (χ0) is 12.5. The van der Waals surface area contributed by atoms with E-state index < -0.39 is 12.5 Å². The van der Waals surface area contributed by atoms with Crippen LogP contribution in [-0.2, 0) is 0 Å². The zero-order valence-corrected chi connectivity index (χ0v) is 9.07. The van der Waals surface area contributed by atoms with E-state index in [1.165, 1.54) is 12.1 Å². The molecular formula is C12H13F3O2. The minimum Gasteiger partial charge on any atom is -0.405 e. The third-order valence-corrected chi connectivity index (χ3v) is 3.02. The number of hydrogen-bond acceptors (Lipinski definition) is 2. The molecule has 1 aliphatic rings. The lowest BCUT2D eigenvalue weighted by Crippen LogP contribution is -2.20. The minimum absolute atomic E-state index is 0.203. The largest absolute Gasteiger partial charge is 0.573 e. The molecule has 2 rings (SSSR count). The van der Waals surface area contributed by atoms with Crippen molar-refractivity contribution in [3.05, 3.63) is 29.8 Å². The van der Waals surface area contributed by atoms with E-state index >= 15 is 0 Å². The molecule has 1 fully saturated rings. The molecule has 1 aromatic rings. The standard InChI is InChI=1S/C12H13F3O2/c13-12(14,15)17-11-7-2-1-4-9(11)8-5-3-6-10(8)16/h1-2,4,7-8,10,16H,3,5-6H2. The van der Waals surface area contributed by atoms with Gasteiger partial charge in [0.1, 0.15) is 5.75 Å². The first-order chi connectivity index (χ1) is 7.97. The predicted octanol–water partition coefficient (Wildman–Crippen LogP) is 3.21. The molecule has 1 aliphatic carbocycles. The molecule has 0 spiro atoms. The Labute approximate surface area is 97.0 Å². The topological polar surface area (TPSA) is 29.5 Å². The fraction of sp³-hybridized carbons (Fsp3) is 0.500. The van der Waals surface area contributed by atoms with Crippen molar-refractivity contribution in [3.8, 4) is 5.75 Å². The highest BCUT2D eigenvalue weighted by Gasteiger charge is 2.35. The molecule has 0 radical (unpaired) electrons. The Bertz CT molecular complexity index is 390. The molecule has 0 amide bonds. The van der Waals surface area contributed by atoms with E-state index in [-0.39, 0.29) is 11.7 Å². The maximum Gasteiger partial charge on any atom is 0.573 e. The summed E-state index contributed by atoms with van der Waals surface area (Å²) >= 11 is 0. The van der Waals surface area contributed by atoms with Crippen LogP contribution < -0.4 is 4.74 Å². The van der Waals surface area contributed by atoms with Crippen LogP contribution in [-0.4, -0.2) is 17.6 Å². The summed E-state index contributed by atoms with van der Waals surface area (Å²) in [5, 5.41) is 9.73.